The smallest absolute Gasteiger partial charge is 0.336 e. The average molecular weight is 259 g/mol. The molecule has 0 spiro atoms. The summed E-state index contributed by atoms with van der Waals surface area (Å²) in [7, 11) is 0. The molecule has 98 valence electrons. The summed E-state index contributed by atoms with van der Waals surface area (Å²) in [4.78, 5) is 15.1. The highest BCUT2D eigenvalue weighted by Crippen LogP contribution is 2.22. The summed E-state index contributed by atoms with van der Waals surface area (Å²) in [5.74, 6) is -1.13. The van der Waals surface area contributed by atoms with Crippen molar-refractivity contribution in [3.63, 3.8) is 0 Å². The van der Waals surface area contributed by atoms with Crippen molar-refractivity contribution in [1.29, 1.82) is 0 Å². The van der Waals surface area contributed by atoms with Crippen LogP contribution in [-0.4, -0.2) is 16.1 Å². The molecule has 0 unspecified atom stereocenters. The highest BCUT2D eigenvalue weighted by molar-refractivity contribution is 5.89. The van der Waals surface area contributed by atoms with Gasteiger partial charge in [0.1, 0.15) is 5.82 Å². The maximum Gasteiger partial charge on any atom is 0.336 e. The quantitative estimate of drug-likeness (QED) is 0.916. The predicted molar refractivity (Wildman–Crippen MR) is 69.7 cm³/mol. The average Bonchev–Trinajstić information content (AvgIpc) is 2.39. The van der Waals surface area contributed by atoms with E-state index in [-0.39, 0.29) is 17.3 Å². The van der Waals surface area contributed by atoms with Crippen LogP contribution in [0.4, 0.5) is 4.39 Å². The molecule has 1 N–H and O–H groups in total. The van der Waals surface area contributed by atoms with Gasteiger partial charge >= 0.3 is 5.97 Å². The summed E-state index contributed by atoms with van der Waals surface area (Å²) in [5.41, 5.74) is 1.93. The van der Waals surface area contributed by atoms with Gasteiger partial charge in [0.05, 0.1) is 5.56 Å². The molecule has 2 rings (SSSR count). The van der Waals surface area contributed by atoms with Crippen LogP contribution in [0.2, 0.25) is 0 Å². The lowest BCUT2D eigenvalue weighted by Crippen LogP contribution is -2.06. The molecule has 0 aliphatic heterocycles. The summed E-state index contributed by atoms with van der Waals surface area (Å²) in [6.45, 7) is 1.98. The van der Waals surface area contributed by atoms with Gasteiger partial charge in [-0.1, -0.05) is 19.1 Å². The maximum absolute atomic E-state index is 12.9. The number of rotatable bonds is 4. The van der Waals surface area contributed by atoms with E-state index in [1.165, 1.54) is 24.4 Å². The van der Waals surface area contributed by atoms with Gasteiger partial charge in [0, 0.05) is 12.4 Å². The van der Waals surface area contributed by atoms with Gasteiger partial charge in [-0.05, 0) is 41.7 Å². The lowest BCUT2D eigenvalue weighted by atomic mass is 9.92. The van der Waals surface area contributed by atoms with Gasteiger partial charge in [0.15, 0.2) is 0 Å². The van der Waals surface area contributed by atoms with Gasteiger partial charge in [-0.3, -0.25) is 4.98 Å². The molecular formula is C15H14FNO2. The molecule has 19 heavy (non-hydrogen) atoms. The first-order valence-electron chi connectivity index (χ1n) is 5.99. The molecule has 1 aromatic heterocycles. The maximum atomic E-state index is 12.9. The first-order valence-corrected chi connectivity index (χ1v) is 5.99. The zero-order chi connectivity index (χ0) is 13.8. The fourth-order valence-corrected chi connectivity index (χ4v) is 2.04. The number of aromatic carboxylic acids is 1. The van der Waals surface area contributed by atoms with Crippen molar-refractivity contribution in [2.45, 2.75) is 19.3 Å². The number of hydrogen-bond acceptors (Lipinski definition) is 2. The summed E-state index contributed by atoms with van der Waals surface area (Å²) < 4.78 is 12.9. The Morgan fingerprint density at radius 1 is 1.32 bits per heavy atom. The van der Waals surface area contributed by atoms with E-state index in [9.17, 15) is 9.18 Å². The van der Waals surface area contributed by atoms with Crippen LogP contribution in [0.1, 0.15) is 34.3 Å². The molecule has 4 heteroatoms. The minimum Gasteiger partial charge on any atom is -0.478 e. The van der Waals surface area contributed by atoms with Gasteiger partial charge in [-0.15, -0.1) is 0 Å². The number of hydrogen-bond donors (Lipinski definition) is 1. The number of pyridine rings is 1. The third-order valence-electron chi connectivity index (χ3n) is 3.10. The standard InChI is InChI=1S/C15H14FNO2/c1-10(11-2-4-13(16)5-3-11)8-12-9-17-7-6-14(12)15(18)19/h2-7,9-10H,8H2,1H3,(H,18,19)/t10-/m0/s1. The summed E-state index contributed by atoms with van der Waals surface area (Å²) in [6.07, 6.45) is 3.60. The Hall–Kier alpha value is -2.23. The van der Waals surface area contributed by atoms with Crippen molar-refractivity contribution in [3.8, 4) is 0 Å². The lowest BCUT2D eigenvalue weighted by Gasteiger charge is -2.13. The van der Waals surface area contributed by atoms with E-state index in [2.05, 4.69) is 4.98 Å². The van der Waals surface area contributed by atoms with Crippen LogP contribution in [0.3, 0.4) is 0 Å². The van der Waals surface area contributed by atoms with E-state index in [1.807, 2.05) is 6.92 Å². The lowest BCUT2D eigenvalue weighted by molar-refractivity contribution is 0.0695. The van der Waals surface area contributed by atoms with Crippen molar-refractivity contribution < 1.29 is 14.3 Å². The van der Waals surface area contributed by atoms with Crippen molar-refractivity contribution >= 4 is 5.97 Å². The third-order valence-corrected chi connectivity index (χ3v) is 3.10. The molecule has 2 aromatic rings. The highest BCUT2D eigenvalue weighted by atomic mass is 19.1. The van der Waals surface area contributed by atoms with Crippen LogP contribution in [0.15, 0.2) is 42.7 Å². The second-order valence-corrected chi connectivity index (χ2v) is 4.49. The third kappa shape index (κ3) is 3.16. The molecule has 0 amide bonds. The van der Waals surface area contributed by atoms with E-state index in [1.54, 1.807) is 18.3 Å². The highest BCUT2D eigenvalue weighted by Gasteiger charge is 2.13. The Morgan fingerprint density at radius 3 is 2.63 bits per heavy atom. The van der Waals surface area contributed by atoms with Crippen molar-refractivity contribution in [3.05, 3.63) is 65.2 Å². The van der Waals surface area contributed by atoms with Gasteiger partial charge in [-0.2, -0.15) is 0 Å². The molecule has 0 saturated carbocycles. The van der Waals surface area contributed by atoms with Crippen LogP contribution in [0.5, 0.6) is 0 Å². The predicted octanol–water partition coefficient (Wildman–Crippen LogP) is 3.27. The molecule has 0 radical (unpaired) electrons. The second-order valence-electron chi connectivity index (χ2n) is 4.49. The number of halogens is 1. The molecule has 1 atom stereocenters. The topological polar surface area (TPSA) is 50.2 Å². The molecule has 0 aliphatic rings. The zero-order valence-electron chi connectivity index (χ0n) is 10.5. The van der Waals surface area contributed by atoms with Crippen molar-refractivity contribution in [1.82, 2.24) is 4.98 Å². The Balaban J connectivity index is 2.21. The first-order chi connectivity index (χ1) is 9.08. The Morgan fingerprint density at radius 2 is 2.00 bits per heavy atom. The Bertz CT molecular complexity index is 581. The van der Waals surface area contributed by atoms with Gasteiger partial charge in [-0.25, -0.2) is 9.18 Å². The van der Waals surface area contributed by atoms with Crippen LogP contribution in [0.25, 0.3) is 0 Å². The normalized spacial score (nSPS) is 12.1. The van der Waals surface area contributed by atoms with Gasteiger partial charge in [0.2, 0.25) is 0 Å². The number of benzene rings is 1. The summed E-state index contributed by atoms with van der Waals surface area (Å²) >= 11 is 0. The van der Waals surface area contributed by atoms with E-state index in [4.69, 9.17) is 5.11 Å². The van der Waals surface area contributed by atoms with Crippen LogP contribution >= 0.6 is 0 Å². The number of aromatic nitrogens is 1. The molecular weight excluding hydrogens is 245 g/mol. The zero-order valence-corrected chi connectivity index (χ0v) is 10.5. The van der Waals surface area contributed by atoms with E-state index in [0.717, 1.165) is 5.56 Å². The van der Waals surface area contributed by atoms with E-state index in [0.29, 0.717) is 12.0 Å². The monoisotopic (exact) mass is 259 g/mol. The molecule has 0 fully saturated rings. The Labute approximate surface area is 110 Å². The van der Waals surface area contributed by atoms with Crippen LogP contribution in [0, 0.1) is 5.82 Å². The van der Waals surface area contributed by atoms with Crippen molar-refractivity contribution in [2.75, 3.05) is 0 Å². The molecule has 0 saturated heterocycles. The first kappa shape index (κ1) is 13.2. The molecule has 1 aromatic carbocycles. The van der Waals surface area contributed by atoms with Crippen molar-refractivity contribution in [2.24, 2.45) is 0 Å². The summed E-state index contributed by atoms with van der Waals surface area (Å²) in [5, 5.41) is 9.11. The number of nitrogens with zero attached hydrogens (tertiary/aromatic N) is 1. The minimum absolute atomic E-state index is 0.0999. The number of carboxylic acid groups (broad SMARTS) is 1. The fourth-order valence-electron chi connectivity index (χ4n) is 2.04. The minimum atomic E-state index is -0.955. The van der Waals surface area contributed by atoms with Crippen LogP contribution < -0.4 is 0 Å². The van der Waals surface area contributed by atoms with Gasteiger partial charge < -0.3 is 5.11 Å². The summed E-state index contributed by atoms with van der Waals surface area (Å²) in [6, 6.07) is 7.75. The number of carboxylic acids is 1. The molecule has 0 bridgehead atoms. The van der Waals surface area contributed by atoms with E-state index < -0.39 is 5.97 Å². The SMILES string of the molecule is C[C@@H](Cc1cnccc1C(=O)O)c1ccc(F)cc1. The largest absolute Gasteiger partial charge is 0.478 e. The number of carbonyl (C=O) groups is 1. The molecule has 1 heterocycles. The van der Waals surface area contributed by atoms with Crippen LogP contribution in [-0.2, 0) is 6.42 Å². The molecule has 3 nitrogen and oxygen atoms in total. The van der Waals surface area contributed by atoms with Gasteiger partial charge in [0.25, 0.3) is 0 Å². The Kier molecular flexibility index (Phi) is 3.90. The molecule has 0 aliphatic carbocycles. The fraction of sp³-hybridized carbons (Fsp3) is 0.200. The van der Waals surface area contributed by atoms with E-state index >= 15 is 0 Å². The second kappa shape index (κ2) is 5.61.